The number of carbonyl (C=O) groups excluding carboxylic acids is 3. The van der Waals surface area contributed by atoms with Crippen LogP contribution in [-0.4, -0.2) is 30.6 Å². The van der Waals surface area contributed by atoms with E-state index in [-0.39, 0.29) is 17.4 Å². The summed E-state index contributed by atoms with van der Waals surface area (Å²) in [6, 6.07) is 6.36. The molecular weight excluding hydrogens is 564 g/mol. The molecule has 4 aliphatic rings. The molecule has 0 heterocycles. The standard InChI is InChI=1S/C39H58O6/c1-24(2)25(3)12-13-26(4)32-16-17-33-30-15-14-28-22-29(18-20-38(28,6)34(30)19-21-39(32,33)7)45-36(41)23-43-37(42)31-10-8-9-11-35(31)44-27(5)40/h8-11,24-26,28-30,32-34H,12-23H2,1-7H3/t25-,26-,28+,29+,30+,32-,33+,34+,38+,39-/m1/s1. The zero-order chi connectivity index (χ0) is 32.5. The third-order valence-electron chi connectivity index (χ3n) is 13.6. The molecule has 0 spiro atoms. The molecule has 0 aromatic heterocycles. The Labute approximate surface area is 271 Å². The Hall–Kier alpha value is -2.37. The SMILES string of the molecule is CC(=O)Oc1ccccc1C(=O)OCC(=O)O[C@H]1CC[C@@]2(C)[C@@H](CC[C@@H]3[C@@H]2CC[C@]2(C)[C@@H]([C@H](C)CC[C@@H](C)C(C)C)CC[C@@H]32)C1. The normalized spacial score (nSPS) is 35.4. The third-order valence-corrected chi connectivity index (χ3v) is 13.6. The van der Waals surface area contributed by atoms with Crippen molar-refractivity contribution < 1.29 is 28.6 Å². The van der Waals surface area contributed by atoms with Crippen LogP contribution in [0.2, 0.25) is 0 Å². The lowest BCUT2D eigenvalue weighted by Gasteiger charge is -2.61. The molecule has 0 amide bonds. The lowest BCUT2D eigenvalue weighted by molar-refractivity contribution is -0.165. The van der Waals surface area contributed by atoms with Gasteiger partial charge in [-0.1, -0.05) is 66.5 Å². The molecule has 4 fully saturated rings. The quantitative estimate of drug-likeness (QED) is 0.191. The fourth-order valence-corrected chi connectivity index (χ4v) is 10.7. The summed E-state index contributed by atoms with van der Waals surface area (Å²) in [6.45, 7) is 15.8. The summed E-state index contributed by atoms with van der Waals surface area (Å²) < 4.78 is 16.2. The number of para-hydroxylation sites is 1. The van der Waals surface area contributed by atoms with Gasteiger partial charge in [0.05, 0.1) is 0 Å². The molecule has 0 unspecified atom stereocenters. The summed E-state index contributed by atoms with van der Waals surface area (Å²) in [5.74, 6) is 4.68. The van der Waals surface area contributed by atoms with Gasteiger partial charge in [-0.2, -0.15) is 0 Å². The molecule has 0 radical (unpaired) electrons. The van der Waals surface area contributed by atoms with Crippen molar-refractivity contribution in [3.63, 3.8) is 0 Å². The van der Waals surface area contributed by atoms with E-state index in [0.29, 0.717) is 16.7 Å². The lowest BCUT2D eigenvalue weighted by atomic mass is 9.44. The number of fused-ring (bicyclic) bond motifs is 5. The minimum Gasteiger partial charge on any atom is -0.460 e. The largest absolute Gasteiger partial charge is 0.460 e. The van der Waals surface area contributed by atoms with Crippen LogP contribution in [0.5, 0.6) is 5.75 Å². The van der Waals surface area contributed by atoms with Crippen molar-refractivity contribution in [1.82, 2.24) is 0 Å². The molecule has 6 nitrogen and oxygen atoms in total. The van der Waals surface area contributed by atoms with Gasteiger partial charge >= 0.3 is 17.9 Å². The predicted octanol–water partition coefficient (Wildman–Crippen LogP) is 9.05. The monoisotopic (exact) mass is 622 g/mol. The lowest BCUT2D eigenvalue weighted by Crippen LogP contribution is -2.54. The van der Waals surface area contributed by atoms with Crippen molar-refractivity contribution in [2.45, 2.75) is 125 Å². The van der Waals surface area contributed by atoms with Crippen LogP contribution in [0.4, 0.5) is 0 Å². The zero-order valence-electron chi connectivity index (χ0n) is 28.9. The van der Waals surface area contributed by atoms with E-state index in [9.17, 15) is 14.4 Å². The summed E-state index contributed by atoms with van der Waals surface area (Å²) in [7, 11) is 0. The molecule has 0 bridgehead atoms. The van der Waals surface area contributed by atoms with Crippen molar-refractivity contribution in [3.8, 4) is 5.75 Å². The van der Waals surface area contributed by atoms with Crippen LogP contribution in [0.3, 0.4) is 0 Å². The molecule has 0 saturated heterocycles. The average Bonchev–Trinajstić information content (AvgIpc) is 3.36. The number of ether oxygens (including phenoxy) is 3. The molecule has 5 rings (SSSR count). The molecule has 1 aromatic rings. The van der Waals surface area contributed by atoms with Crippen LogP contribution < -0.4 is 4.74 Å². The maximum Gasteiger partial charge on any atom is 0.344 e. The van der Waals surface area contributed by atoms with Gasteiger partial charge in [-0.3, -0.25) is 4.79 Å². The van der Waals surface area contributed by atoms with Crippen molar-refractivity contribution in [3.05, 3.63) is 29.8 Å². The predicted molar refractivity (Wildman–Crippen MR) is 176 cm³/mol. The Balaban J connectivity index is 1.14. The topological polar surface area (TPSA) is 78.9 Å². The minimum atomic E-state index is -0.712. The highest BCUT2D eigenvalue weighted by Gasteiger charge is 2.60. The minimum absolute atomic E-state index is 0.109. The Morgan fingerprint density at radius 1 is 0.867 bits per heavy atom. The summed E-state index contributed by atoms with van der Waals surface area (Å²) in [5, 5.41) is 0. The first kappa shape index (κ1) is 34.0. The van der Waals surface area contributed by atoms with Gasteiger partial charge in [-0.15, -0.1) is 0 Å². The first-order chi connectivity index (χ1) is 21.3. The van der Waals surface area contributed by atoms with Gasteiger partial charge in [0.25, 0.3) is 0 Å². The van der Waals surface area contributed by atoms with Crippen molar-refractivity contribution in [1.29, 1.82) is 0 Å². The summed E-state index contributed by atoms with van der Waals surface area (Å²) in [6.07, 6.45) is 13.6. The first-order valence-corrected chi connectivity index (χ1v) is 18.0. The van der Waals surface area contributed by atoms with Gasteiger partial charge in [-0.05, 0) is 128 Å². The fraction of sp³-hybridized carbons (Fsp3) is 0.769. The van der Waals surface area contributed by atoms with Crippen molar-refractivity contribution >= 4 is 17.9 Å². The van der Waals surface area contributed by atoms with Gasteiger partial charge in [0, 0.05) is 6.92 Å². The number of hydrogen-bond donors (Lipinski definition) is 0. The number of esters is 3. The molecule has 45 heavy (non-hydrogen) atoms. The van der Waals surface area contributed by atoms with E-state index >= 15 is 0 Å². The second-order valence-corrected chi connectivity index (χ2v) is 16.2. The highest BCUT2D eigenvalue weighted by atomic mass is 16.6. The van der Waals surface area contributed by atoms with E-state index in [1.807, 2.05) is 0 Å². The van der Waals surface area contributed by atoms with Crippen LogP contribution in [0, 0.1) is 58.2 Å². The Bertz CT molecular complexity index is 1220. The van der Waals surface area contributed by atoms with E-state index in [1.54, 1.807) is 12.1 Å². The second kappa shape index (κ2) is 13.8. The summed E-state index contributed by atoms with van der Waals surface area (Å²) in [5.41, 5.74) is 0.919. The van der Waals surface area contributed by atoms with Gasteiger partial charge < -0.3 is 14.2 Å². The van der Waals surface area contributed by atoms with Gasteiger partial charge in [0.15, 0.2) is 6.61 Å². The van der Waals surface area contributed by atoms with Gasteiger partial charge in [-0.25, -0.2) is 9.59 Å². The van der Waals surface area contributed by atoms with E-state index in [2.05, 4.69) is 41.5 Å². The molecule has 4 aliphatic carbocycles. The van der Waals surface area contributed by atoms with Crippen LogP contribution in [0.1, 0.15) is 129 Å². The molecule has 4 saturated carbocycles. The highest BCUT2D eigenvalue weighted by Crippen LogP contribution is 2.68. The molecule has 250 valence electrons. The van der Waals surface area contributed by atoms with Crippen LogP contribution in [-0.2, 0) is 19.1 Å². The van der Waals surface area contributed by atoms with Gasteiger partial charge in [0.2, 0.25) is 0 Å². The van der Waals surface area contributed by atoms with E-state index in [1.165, 1.54) is 70.4 Å². The van der Waals surface area contributed by atoms with Crippen LogP contribution in [0.25, 0.3) is 0 Å². The Kier molecular flexibility index (Phi) is 10.4. The molecule has 0 N–H and O–H groups in total. The van der Waals surface area contributed by atoms with Crippen LogP contribution >= 0.6 is 0 Å². The summed E-state index contributed by atoms with van der Waals surface area (Å²) in [4.78, 5) is 36.8. The second-order valence-electron chi connectivity index (χ2n) is 16.2. The molecule has 10 atom stereocenters. The zero-order valence-corrected chi connectivity index (χ0v) is 28.9. The number of carbonyl (C=O) groups is 3. The van der Waals surface area contributed by atoms with Crippen molar-refractivity contribution in [2.75, 3.05) is 6.61 Å². The number of rotatable bonds is 10. The molecular formula is C39H58O6. The number of benzene rings is 1. The smallest absolute Gasteiger partial charge is 0.344 e. The fourth-order valence-electron chi connectivity index (χ4n) is 10.7. The van der Waals surface area contributed by atoms with E-state index in [0.717, 1.165) is 60.7 Å². The maximum absolute atomic E-state index is 12.8. The maximum atomic E-state index is 12.8. The van der Waals surface area contributed by atoms with Gasteiger partial charge in [0.1, 0.15) is 17.4 Å². The number of hydrogen-bond acceptors (Lipinski definition) is 6. The Morgan fingerprint density at radius 3 is 2.31 bits per heavy atom. The van der Waals surface area contributed by atoms with Crippen LogP contribution in [0.15, 0.2) is 24.3 Å². The first-order valence-electron chi connectivity index (χ1n) is 18.0. The summed E-state index contributed by atoms with van der Waals surface area (Å²) >= 11 is 0. The third kappa shape index (κ3) is 7.00. The highest BCUT2D eigenvalue weighted by molar-refractivity contribution is 5.94. The van der Waals surface area contributed by atoms with E-state index in [4.69, 9.17) is 14.2 Å². The average molecular weight is 623 g/mol. The van der Waals surface area contributed by atoms with Crippen molar-refractivity contribution in [2.24, 2.45) is 58.2 Å². The molecule has 1 aromatic carbocycles. The molecule has 0 aliphatic heterocycles. The Morgan fingerprint density at radius 2 is 1.58 bits per heavy atom. The molecule has 6 heteroatoms. The van der Waals surface area contributed by atoms with E-state index < -0.39 is 24.5 Å².